The van der Waals surface area contributed by atoms with Gasteiger partial charge in [-0.3, -0.25) is 18.1 Å². The summed E-state index contributed by atoms with van der Waals surface area (Å²) in [5.41, 5.74) is 10.00. The molecule has 0 unspecified atom stereocenters. The van der Waals surface area contributed by atoms with E-state index in [2.05, 4.69) is 176 Å². The lowest BCUT2D eigenvalue weighted by atomic mass is 10.1. The average molecular weight is 693 g/mol. The predicted molar refractivity (Wildman–Crippen MR) is 217 cm³/mol. The smallest absolute Gasteiger partial charge is 0.240 e. The van der Waals surface area contributed by atoms with Crippen LogP contribution in [-0.2, 0) is 0 Å². The Hall–Kier alpha value is -7.58. The van der Waals surface area contributed by atoms with E-state index < -0.39 is 0 Å². The second-order valence-corrected chi connectivity index (χ2v) is 13.6. The van der Waals surface area contributed by atoms with Gasteiger partial charge < -0.3 is 0 Å². The number of hydrogen-bond acceptors (Lipinski definition) is 4. The summed E-state index contributed by atoms with van der Waals surface area (Å²) in [5.74, 6) is 2.46. The van der Waals surface area contributed by atoms with E-state index in [1.807, 2.05) is 12.1 Å². The topological polar surface area (TPSA) is 70.8 Å². The molecular formula is C46H28N8. The maximum Gasteiger partial charge on any atom is 0.240 e. The van der Waals surface area contributed by atoms with Gasteiger partial charge in [0.2, 0.25) is 17.7 Å². The summed E-state index contributed by atoms with van der Waals surface area (Å²) < 4.78 is 8.80. The van der Waals surface area contributed by atoms with Gasteiger partial charge in [-0.1, -0.05) is 109 Å². The van der Waals surface area contributed by atoms with E-state index in [0.717, 1.165) is 82.7 Å². The molecule has 0 aliphatic rings. The van der Waals surface area contributed by atoms with E-state index in [0.29, 0.717) is 17.7 Å². The Morgan fingerprint density at radius 1 is 0.315 bits per heavy atom. The number of aromatic nitrogens is 8. The van der Waals surface area contributed by atoms with Crippen molar-refractivity contribution in [3.63, 3.8) is 0 Å². The zero-order valence-electron chi connectivity index (χ0n) is 28.7. The van der Waals surface area contributed by atoms with Gasteiger partial charge in [0, 0.05) is 27.1 Å². The zero-order valence-corrected chi connectivity index (χ0v) is 28.7. The molecule has 8 nitrogen and oxygen atoms in total. The fraction of sp³-hybridized carbons (Fsp3) is 0. The first kappa shape index (κ1) is 29.0. The molecule has 0 saturated heterocycles. The molecule has 0 atom stereocenters. The summed E-state index contributed by atoms with van der Waals surface area (Å²) in [7, 11) is 0. The Morgan fingerprint density at radius 3 is 1.30 bits per heavy atom. The molecular weight excluding hydrogens is 665 g/mol. The van der Waals surface area contributed by atoms with Gasteiger partial charge in [-0.2, -0.15) is 15.0 Å². The van der Waals surface area contributed by atoms with Crippen molar-refractivity contribution < 1.29 is 0 Å². The van der Waals surface area contributed by atoms with Crippen LogP contribution in [0.15, 0.2) is 170 Å². The van der Waals surface area contributed by atoms with Crippen LogP contribution in [-0.4, -0.2) is 38.0 Å². The van der Waals surface area contributed by atoms with Crippen LogP contribution < -0.4 is 0 Å². The normalized spacial score (nSPS) is 12.1. The predicted octanol–water partition coefficient (Wildman–Crippen LogP) is 10.5. The largest absolute Gasteiger partial charge is 0.278 e. The molecule has 0 bridgehead atoms. The van der Waals surface area contributed by atoms with Crippen molar-refractivity contribution in [2.45, 2.75) is 0 Å². The number of para-hydroxylation sites is 9. The molecule has 54 heavy (non-hydrogen) atoms. The van der Waals surface area contributed by atoms with Crippen LogP contribution in [0.4, 0.5) is 0 Å². The van der Waals surface area contributed by atoms with Crippen molar-refractivity contribution in [3.8, 4) is 29.0 Å². The van der Waals surface area contributed by atoms with Gasteiger partial charge in [-0.05, 0) is 60.7 Å². The van der Waals surface area contributed by atoms with Crippen molar-refractivity contribution in [1.29, 1.82) is 0 Å². The van der Waals surface area contributed by atoms with Crippen LogP contribution in [0.25, 0.3) is 100 Å². The number of rotatable bonds is 4. The van der Waals surface area contributed by atoms with E-state index in [1.54, 1.807) is 0 Å². The highest BCUT2D eigenvalue weighted by molar-refractivity contribution is 6.10. The number of fused-ring (bicyclic) bond motifs is 11. The molecule has 0 saturated carbocycles. The average Bonchev–Trinajstić information content (AvgIpc) is 3.96. The van der Waals surface area contributed by atoms with Crippen LogP contribution in [0.3, 0.4) is 0 Å². The molecule has 12 aromatic rings. The Kier molecular flexibility index (Phi) is 5.90. The SMILES string of the molecule is c1ccc(-n2c3ccccc3n3c4ccccc4nc23)c(-c2nc(-n3c4ccccc4c4ccccc43)nc(-n3c4ccccc4c4ccccc43)n2)c1. The first-order valence-electron chi connectivity index (χ1n) is 18.0. The van der Waals surface area contributed by atoms with Crippen molar-refractivity contribution in [2.75, 3.05) is 0 Å². The van der Waals surface area contributed by atoms with Crippen LogP contribution in [0, 0.1) is 0 Å². The zero-order chi connectivity index (χ0) is 35.3. The van der Waals surface area contributed by atoms with Gasteiger partial charge in [0.05, 0.1) is 49.8 Å². The second-order valence-electron chi connectivity index (χ2n) is 13.6. The van der Waals surface area contributed by atoms with Crippen LogP contribution >= 0.6 is 0 Å². The number of imidazole rings is 2. The van der Waals surface area contributed by atoms with Crippen molar-refractivity contribution in [1.82, 2.24) is 38.0 Å². The molecule has 0 spiro atoms. The quantitative estimate of drug-likeness (QED) is 0.184. The molecule has 0 aliphatic carbocycles. The fourth-order valence-corrected chi connectivity index (χ4v) is 8.40. The molecule has 8 heteroatoms. The Morgan fingerprint density at radius 2 is 0.741 bits per heavy atom. The standard InChI is InChI=1S/C46H28N8/c1-7-21-35-29(15-1)30-16-2-8-22-36(30)51(35)44-48-43(49-45(50-44)52-37-23-9-3-17-31(37)32-18-4-10-24-38(32)52)33-19-5-11-25-39(33)53-41-27-13-14-28-42(41)54-40-26-12-6-20-34(40)47-46(53)54/h1-28H. The van der Waals surface area contributed by atoms with E-state index in [1.165, 1.54) is 0 Å². The minimum Gasteiger partial charge on any atom is -0.278 e. The van der Waals surface area contributed by atoms with Crippen molar-refractivity contribution >= 4 is 71.5 Å². The van der Waals surface area contributed by atoms with E-state index in [-0.39, 0.29) is 0 Å². The van der Waals surface area contributed by atoms with Gasteiger partial charge in [-0.15, -0.1) is 0 Å². The summed E-state index contributed by atoms with van der Waals surface area (Å²) in [6.45, 7) is 0. The van der Waals surface area contributed by atoms with E-state index in [4.69, 9.17) is 19.9 Å². The molecule has 0 aliphatic heterocycles. The van der Waals surface area contributed by atoms with Crippen LogP contribution in [0.1, 0.15) is 0 Å². The molecule has 0 fully saturated rings. The first-order valence-corrected chi connectivity index (χ1v) is 18.0. The third-order valence-corrected chi connectivity index (χ3v) is 10.7. The Bertz CT molecular complexity index is 3230. The summed E-state index contributed by atoms with van der Waals surface area (Å²) in [6, 6.07) is 58.9. The summed E-state index contributed by atoms with van der Waals surface area (Å²) in [5, 5.41) is 4.56. The maximum atomic E-state index is 5.38. The lowest BCUT2D eigenvalue weighted by molar-refractivity contribution is 0.891. The number of nitrogens with zero attached hydrogens (tertiary/aromatic N) is 8. The molecule has 0 radical (unpaired) electrons. The minimum atomic E-state index is 0.540. The fourth-order valence-electron chi connectivity index (χ4n) is 8.40. The van der Waals surface area contributed by atoms with Gasteiger partial charge in [-0.25, -0.2) is 4.98 Å². The Labute approximate surface area is 307 Å². The number of benzene rings is 7. The van der Waals surface area contributed by atoms with Gasteiger partial charge in [0.15, 0.2) is 5.82 Å². The van der Waals surface area contributed by atoms with Crippen LogP contribution in [0.5, 0.6) is 0 Å². The number of hydrogen-bond donors (Lipinski definition) is 0. The lowest BCUT2D eigenvalue weighted by Crippen LogP contribution is -2.11. The van der Waals surface area contributed by atoms with E-state index in [9.17, 15) is 0 Å². The minimum absolute atomic E-state index is 0.540. The molecule has 252 valence electrons. The lowest BCUT2D eigenvalue weighted by Gasteiger charge is -2.15. The molecule has 5 aromatic heterocycles. The highest BCUT2D eigenvalue weighted by atomic mass is 15.3. The van der Waals surface area contributed by atoms with Crippen LogP contribution in [0.2, 0.25) is 0 Å². The van der Waals surface area contributed by atoms with Gasteiger partial charge in [0.1, 0.15) is 0 Å². The molecule has 0 amide bonds. The third kappa shape index (κ3) is 3.96. The van der Waals surface area contributed by atoms with Gasteiger partial charge in [0.25, 0.3) is 0 Å². The summed E-state index contributed by atoms with van der Waals surface area (Å²) in [4.78, 5) is 21.3. The highest BCUT2D eigenvalue weighted by Crippen LogP contribution is 2.37. The summed E-state index contributed by atoms with van der Waals surface area (Å²) >= 11 is 0. The molecule has 0 N–H and O–H groups in total. The van der Waals surface area contributed by atoms with Crippen molar-refractivity contribution in [3.05, 3.63) is 170 Å². The van der Waals surface area contributed by atoms with Crippen molar-refractivity contribution in [2.24, 2.45) is 0 Å². The maximum absolute atomic E-state index is 5.38. The third-order valence-electron chi connectivity index (χ3n) is 10.7. The molecule has 5 heterocycles. The summed E-state index contributed by atoms with van der Waals surface area (Å²) in [6.07, 6.45) is 0. The highest BCUT2D eigenvalue weighted by Gasteiger charge is 2.24. The van der Waals surface area contributed by atoms with E-state index >= 15 is 0 Å². The monoisotopic (exact) mass is 692 g/mol. The Balaban J connectivity index is 1.21. The molecule has 7 aromatic carbocycles. The second kappa shape index (κ2) is 11.0. The van der Waals surface area contributed by atoms with Gasteiger partial charge >= 0.3 is 0 Å². The first-order chi connectivity index (χ1) is 26.8. The molecule has 12 rings (SSSR count).